The van der Waals surface area contributed by atoms with Crippen LogP contribution in [-0.4, -0.2) is 60.5 Å². The summed E-state index contributed by atoms with van der Waals surface area (Å²) in [5, 5.41) is 10.5. The summed E-state index contributed by atoms with van der Waals surface area (Å²) in [4.78, 5) is 46.4. The molecule has 0 radical (unpaired) electrons. The number of carboxylic acids is 1. The van der Waals surface area contributed by atoms with Crippen LogP contribution in [0.5, 0.6) is 0 Å². The van der Waals surface area contributed by atoms with E-state index >= 15 is 0 Å². The molecule has 33 heavy (non-hydrogen) atoms. The van der Waals surface area contributed by atoms with Gasteiger partial charge in [-0.25, -0.2) is 9.59 Å². The van der Waals surface area contributed by atoms with Crippen molar-refractivity contribution in [3.05, 3.63) is 0 Å². The standard InChI is InChI=1S/C19H20F6O8/c20-18(21,22)17(6-12(26)27,19(23,24)25)33-14(29)8-31-7-13(28)32-16-3-9-1-10(4-16)15(30)11(2-9)5-16/h9-11H,1-8H2,(H,26,27)/p-1. The van der Waals surface area contributed by atoms with Gasteiger partial charge in [0.25, 0.3) is 0 Å². The first kappa shape index (κ1) is 25.2. The summed E-state index contributed by atoms with van der Waals surface area (Å²) < 4.78 is 91.8. The van der Waals surface area contributed by atoms with Crippen molar-refractivity contribution in [2.24, 2.45) is 17.8 Å². The van der Waals surface area contributed by atoms with Gasteiger partial charge in [-0.15, -0.1) is 0 Å². The number of aliphatic carboxylic acids is 1. The first-order valence-electron chi connectivity index (χ1n) is 9.96. The maximum atomic E-state index is 13.1. The van der Waals surface area contributed by atoms with Gasteiger partial charge in [-0.2, -0.15) is 26.3 Å². The zero-order valence-electron chi connectivity index (χ0n) is 16.9. The first-order chi connectivity index (χ1) is 15.1. The molecular formula is C19H19F6O8-. The number of halogens is 6. The van der Waals surface area contributed by atoms with Gasteiger partial charge in [0.1, 0.15) is 24.6 Å². The number of rotatable bonds is 8. The van der Waals surface area contributed by atoms with Gasteiger partial charge >= 0.3 is 29.9 Å². The monoisotopic (exact) mass is 489 g/mol. The molecule has 186 valence electrons. The van der Waals surface area contributed by atoms with Crippen molar-refractivity contribution in [3.8, 4) is 0 Å². The Labute approximate surface area is 182 Å². The summed E-state index contributed by atoms with van der Waals surface area (Å²) in [7, 11) is 0. The van der Waals surface area contributed by atoms with E-state index in [0.717, 1.165) is 0 Å². The molecule has 0 spiro atoms. The maximum absolute atomic E-state index is 13.1. The van der Waals surface area contributed by atoms with Gasteiger partial charge in [0.15, 0.2) is 0 Å². The molecule has 4 rings (SSSR count). The summed E-state index contributed by atoms with van der Waals surface area (Å²) >= 11 is 0. The second-order valence-corrected chi connectivity index (χ2v) is 8.74. The number of Topliss-reactive ketones (excluding diaryl/α,β-unsaturated/α-hetero) is 1. The summed E-state index contributed by atoms with van der Waals surface area (Å²) in [5.74, 6) is -6.06. The molecule has 4 saturated carbocycles. The molecule has 14 heteroatoms. The predicted molar refractivity (Wildman–Crippen MR) is 88.8 cm³/mol. The van der Waals surface area contributed by atoms with Crippen LogP contribution >= 0.6 is 0 Å². The van der Waals surface area contributed by atoms with Crippen molar-refractivity contribution in [1.82, 2.24) is 0 Å². The van der Waals surface area contributed by atoms with Gasteiger partial charge in [-0.1, -0.05) is 0 Å². The molecule has 0 N–H and O–H groups in total. The van der Waals surface area contributed by atoms with Crippen LogP contribution in [0.1, 0.15) is 38.5 Å². The SMILES string of the molecule is O=C([O-])CC(OC(=O)COCC(=O)OC12CC3CC(C1)C(=O)C(C3)C2)(C(F)(F)F)C(F)(F)F. The third-order valence-corrected chi connectivity index (χ3v) is 6.31. The third-order valence-electron chi connectivity index (χ3n) is 6.31. The number of esters is 2. The average Bonchev–Trinajstić information content (AvgIpc) is 2.62. The second kappa shape index (κ2) is 8.44. The number of alkyl halides is 6. The van der Waals surface area contributed by atoms with Crippen LogP contribution in [0.15, 0.2) is 0 Å². The number of ketones is 1. The molecule has 0 amide bonds. The summed E-state index contributed by atoms with van der Waals surface area (Å²) in [5.41, 5.74) is -6.23. The predicted octanol–water partition coefficient (Wildman–Crippen LogP) is 1.24. The summed E-state index contributed by atoms with van der Waals surface area (Å²) in [6, 6.07) is 0. The Kier molecular flexibility index (Phi) is 6.46. The van der Waals surface area contributed by atoms with E-state index in [0.29, 0.717) is 32.1 Å². The van der Waals surface area contributed by atoms with E-state index in [2.05, 4.69) is 9.47 Å². The largest absolute Gasteiger partial charge is 0.550 e. The molecule has 4 aliphatic rings. The quantitative estimate of drug-likeness (QED) is 0.369. The van der Waals surface area contributed by atoms with Crippen LogP contribution in [0.3, 0.4) is 0 Å². The molecule has 8 nitrogen and oxygen atoms in total. The second-order valence-electron chi connectivity index (χ2n) is 8.74. The highest BCUT2D eigenvalue weighted by Crippen LogP contribution is 2.55. The Balaban J connectivity index is 1.55. The topological polar surface area (TPSA) is 119 Å². The number of ether oxygens (including phenoxy) is 3. The van der Waals surface area contributed by atoms with Crippen LogP contribution in [0.25, 0.3) is 0 Å². The molecule has 0 aliphatic heterocycles. The average molecular weight is 489 g/mol. The highest BCUT2D eigenvalue weighted by molar-refractivity contribution is 5.86. The van der Waals surface area contributed by atoms with E-state index in [1.165, 1.54) is 0 Å². The maximum Gasteiger partial charge on any atom is 0.437 e. The Morgan fingerprint density at radius 2 is 1.42 bits per heavy atom. The van der Waals surface area contributed by atoms with Gasteiger partial charge < -0.3 is 24.1 Å². The van der Waals surface area contributed by atoms with E-state index in [1.54, 1.807) is 0 Å². The van der Waals surface area contributed by atoms with E-state index in [-0.39, 0.29) is 23.5 Å². The molecule has 0 aromatic heterocycles. The molecule has 0 saturated heterocycles. The van der Waals surface area contributed by atoms with Crippen molar-refractivity contribution in [2.75, 3.05) is 13.2 Å². The zero-order chi connectivity index (χ0) is 24.8. The fourth-order valence-corrected chi connectivity index (χ4v) is 5.23. The summed E-state index contributed by atoms with van der Waals surface area (Å²) in [6.07, 6.45) is -12.7. The zero-order valence-corrected chi connectivity index (χ0v) is 16.9. The van der Waals surface area contributed by atoms with E-state index in [1.807, 2.05) is 0 Å². The molecule has 2 atom stereocenters. The lowest BCUT2D eigenvalue weighted by Crippen LogP contribution is -2.62. The van der Waals surface area contributed by atoms with E-state index < -0.39 is 61.1 Å². The molecular weight excluding hydrogens is 470 g/mol. The highest BCUT2D eigenvalue weighted by Gasteiger charge is 2.74. The van der Waals surface area contributed by atoms with Crippen molar-refractivity contribution < 1.29 is 64.8 Å². The first-order valence-corrected chi connectivity index (χ1v) is 9.96. The lowest BCUT2D eigenvalue weighted by molar-refractivity contribution is -0.381. The van der Waals surface area contributed by atoms with Gasteiger partial charge in [0.2, 0.25) is 0 Å². The van der Waals surface area contributed by atoms with Crippen LogP contribution in [0.2, 0.25) is 0 Å². The van der Waals surface area contributed by atoms with E-state index in [4.69, 9.17) is 4.74 Å². The Morgan fingerprint density at radius 3 is 1.91 bits per heavy atom. The number of carbonyl (C=O) groups excluding carboxylic acids is 4. The molecule has 0 aromatic rings. The number of hydrogen-bond donors (Lipinski definition) is 0. The van der Waals surface area contributed by atoms with Crippen molar-refractivity contribution in [2.45, 2.75) is 62.1 Å². The molecule has 0 aromatic carbocycles. The van der Waals surface area contributed by atoms with Crippen LogP contribution in [0.4, 0.5) is 26.3 Å². The Morgan fingerprint density at radius 1 is 0.909 bits per heavy atom. The van der Waals surface area contributed by atoms with Crippen molar-refractivity contribution in [1.29, 1.82) is 0 Å². The third kappa shape index (κ3) is 4.94. The van der Waals surface area contributed by atoms with Crippen LogP contribution in [0, 0.1) is 17.8 Å². The molecule has 0 heterocycles. The Hall–Kier alpha value is -2.38. The van der Waals surface area contributed by atoms with E-state index in [9.17, 15) is 50.6 Å². The smallest absolute Gasteiger partial charge is 0.437 e. The molecule has 4 fully saturated rings. The normalized spacial score (nSPS) is 29.2. The minimum atomic E-state index is -6.32. The fourth-order valence-electron chi connectivity index (χ4n) is 5.23. The van der Waals surface area contributed by atoms with Gasteiger partial charge in [-0.3, -0.25) is 4.79 Å². The lowest BCUT2D eigenvalue weighted by atomic mass is 9.53. The lowest BCUT2D eigenvalue weighted by Gasteiger charge is -2.54. The molecule has 4 bridgehead atoms. The van der Waals surface area contributed by atoms with Gasteiger partial charge in [0, 0.05) is 24.2 Å². The minimum Gasteiger partial charge on any atom is -0.550 e. The number of hydrogen-bond acceptors (Lipinski definition) is 8. The Bertz CT molecular complexity index is 803. The minimum absolute atomic E-state index is 0.131. The number of carbonyl (C=O) groups is 4. The fraction of sp³-hybridized carbons (Fsp3) is 0.789. The van der Waals surface area contributed by atoms with Gasteiger partial charge in [0.05, 0.1) is 0 Å². The highest BCUT2D eigenvalue weighted by atomic mass is 19.4. The summed E-state index contributed by atoms with van der Waals surface area (Å²) in [6.45, 7) is -2.48. The van der Waals surface area contributed by atoms with Crippen molar-refractivity contribution >= 4 is 23.7 Å². The van der Waals surface area contributed by atoms with Crippen molar-refractivity contribution in [3.63, 3.8) is 0 Å². The van der Waals surface area contributed by atoms with Gasteiger partial charge in [-0.05, 0) is 38.0 Å². The molecule has 2 unspecified atom stereocenters. The van der Waals surface area contributed by atoms with Crippen LogP contribution in [-0.2, 0) is 33.4 Å². The van der Waals surface area contributed by atoms with Crippen LogP contribution < -0.4 is 5.11 Å². The number of carboxylic acid groups (broad SMARTS) is 1. The molecule has 4 aliphatic carbocycles.